The molecule has 2 aromatic carbocycles. The van der Waals surface area contributed by atoms with E-state index in [1.165, 1.54) is 12.5 Å². The Hall–Kier alpha value is -3.47. The highest BCUT2D eigenvalue weighted by Crippen LogP contribution is 2.21. The van der Waals surface area contributed by atoms with Crippen molar-refractivity contribution < 1.29 is 9.59 Å². The fourth-order valence-electron chi connectivity index (χ4n) is 2.61. The second-order valence-electron chi connectivity index (χ2n) is 6.46. The topological polar surface area (TPSA) is 71.1 Å². The first-order valence-electron chi connectivity index (χ1n) is 8.65. The minimum absolute atomic E-state index is 0.0125. The molecule has 0 bridgehead atoms. The molecule has 136 valence electrons. The van der Waals surface area contributed by atoms with E-state index in [9.17, 15) is 9.59 Å². The van der Waals surface area contributed by atoms with E-state index in [2.05, 4.69) is 33.8 Å². The number of carbonyl (C=O) groups is 2. The van der Waals surface area contributed by atoms with Crippen molar-refractivity contribution in [3.63, 3.8) is 0 Å². The molecular formula is C22H21N3O2. The smallest absolute Gasteiger partial charge is 0.274 e. The summed E-state index contributed by atoms with van der Waals surface area (Å²) in [5.41, 5.74) is 5.67. The van der Waals surface area contributed by atoms with E-state index in [1.807, 2.05) is 19.9 Å². The van der Waals surface area contributed by atoms with Gasteiger partial charge in [-0.25, -0.2) is 4.98 Å². The normalized spacial score (nSPS) is 10.3. The summed E-state index contributed by atoms with van der Waals surface area (Å²) in [5, 5.41) is 6.10. The number of carbonyl (C=O) groups excluding carboxylic acids is 2. The van der Waals surface area contributed by atoms with E-state index >= 15 is 0 Å². The summed E-state index contributed by atoms with van der Waals surface area (Å²) in [6.45, 7) is 5.58. The summed E-state index contributed by atoms with van der Waals surface area (Å²) in [6, 6.07) is 16.5. The van der Waals surface area contributed by atoms with Crippen LogP contribution in [0.25, 0.3) is 0 Å². The number of pyridine rings is 1. The zero-order valence-corrected chi connectivity index (χ0v) is 15.5. The molecule has 5 heteroatoms. The van der Waals surface area contributed by atoms with Crippen LogP contribution in [0.3, 0.4) is 0 Å². The molecule has 0 atom stereocenters. The lowest BCUT2D eigenvalue weighted by molar-refractivity contribution is 0.101. The molecule has 1 aromatic heterocycles. The molecule has 0 aliphatic rings. The minimum Gasteiger partial charge on any atom is -0.354 e. The molecule has 0 saturated carbocycles. The van der Waals surface area contributed by atoms with Gasteiger partial charge in [0.05, 0.1) is 11.9 Å². The van der Waals surface area contributed by atoms with Gasteiger partial charge in [-0.1, -0.05) is 12.1 Å². The van der Waals surface area contributed by atoms with Crippen LogP contribution in [-0.2, 0) is 0 Å². The Labute approximate surface area is 158 Å². The third-order valence-corrected chi connectivity index (χ3v) is 4.22. The molecule has 5 nitrogen and oxygen atoms in total. The average Bonchev–Trinajstić information content (AvgIpc) is 2.65. The van der Waals surface area contributed by atoms with Gasteiger partial charge in [0.1, 0.15) is 5.69 Å². The van der Waals surface area contributed by atoms with Crippen LogP contribution in [0.4, 0.5) is 17.1 Å². The maximum absolute atomic E-state index is 12.3. The molecule has 1 amide bonds. The summed E-state index contributed by atoms with van der Waals surface area (Å²) < 4.78 is 0. The fraction of sp³-hybridized carbons (Fsp3) is 0.136. The fourth-order valence-corrected chi connectivity index (χ4v) is 2.61. The van der Waals surface area contributed by atoms with Crippen molar-refractivity contribution in [3.05, 3.63) is 83.2 Å². The van der Waals surface area contributed by atoms with Gasteiger partial charge in [-0.05, 0) is 74.4 Å². The molecule has 27 heavy (non-hydrogen) atoms. The summed E-state index contributed by atoms with van der Waals surface area (Å²) in [6.07, 6.45) is 1.63. The van der Waals surface area contributed by atoms with E-state index < -0.39 is 0 Å². The van der Waals surface area contributed by atoms with Gasteiger partial charge in [-0.3, -0.25) is 9.59 Å². The van der Waals surface area contributed by atoms with Crippen LogP contribution in [-0.4, -0.2) is 16.7 Å². The number of hydrogen-bond donors (Lipinski definition) is 2. The number of aryl methyl sites for hydroxylation is 2. The van der Waals surface area contributed by atoms with Gasteiger partial charge >= 0.3 is 0 Å². The van der Waals surface area contributed by atoms with Crippen LogP contribution in [0.1, 0.15) is 38.9 Å². The number of Topliss-reactive ketones (excluding diaryl/α,β-unsaturated/α-hetero) is 1. The molecule has 0 fully saturated rings. The summed E-state index contributed by atoms with van der Waals surface area (Å²) in [5.74, 6) is -0.315. The van der Waals surface area contributed by atoms with Crippen molar-refractivity contribution in [3.8, 4) is 0 Å². The van der Waals surface area contributed by atoms with Crippen LogP contribution < -0.4 is 10.6 Å². The summed E-state index contributed by atoms with van der Waals surface area (Å²) in [4.78, 5) is 27.9. The first-order chi connectivity index (χ1) is 12.9. The van der Waals surface area contributed by atoms with Gasteiger partial charge in [0.25, 0.3) is 5.91 Å². The molecule has 0 aliphatic heterocycles. The number of anilines is 3. The molecular weight excluding hydrogens is 338 g/mol. The van der Waals surface area contributed by atoms with Crippen molar-refractivity contribution in [2.24, 2.45) is 0 Å². The summed E-state index contributed by atoms with van der Waals surface area (Å²) in [7, 11) is 0. The predicted molar refractivity (Wildman–Crippen MR) is 108 cm³/mol. The van der Waals surface area contributed by atoms with Gasteiger partial charge < -0.3 is 10.6 Å². The Balaban J connectivity index is 1.68. The number of aromatic nitrogens is 1. The molecule has 3 rings (SSSR count). The van der Waals surface area contributed by atoms with E-state index in [4.69, 9.17) is 0 Å². The number of nitrogens with one attached hydrogen (secondary N) is 2. The Morgan fingerprint density at radius 2 is 1.59 bits per heavy atom. The molecule has 0 radical (unpaired) electrons. The Kier molecular flexibility index (Phi) is 5.31. The number of benzene rings is 2. The van der Waals surface area contributed by atoms with E-state index in [0.29, 0.717) is 16.9 Å². The SMILES string of the molecule is CC(=O)c1ccc(NC(=O)c2ccc(Nc3cc(C)ccc3C)cn2)cc1. The molecule has 0 saturated heterocycles. The standard InChI is InChI=1S/C22H21N3O2/c1-14-4-5-15(2)21(12-14)24-19-10-11-20(23-13-19)22(27)25-18-8-6-17(7-9-18)16(3)26/h4-13,24H,1-3H3,(H,25,27). The number of ketones is 1. The van der Waals surface area contributed by atoms with Crippen molar-refractivity contribution >= 4 is 28.8 Å². The van der Waals surface area contributed by atoms with Gasteiger partial charge in [0.15, 0.2) is 5.78 Å². The van der Waals surface area contributed by atoms with Crippen LogP contribution in [0.15, 0.2) is 60.8 Å². The molecule has 2 N–H and O–H groups in total. The molecule has 0 unspecified atom stereocenters. The third kappa shape index (κ3) is 4.58. The third-order valence-electron chi connectivity index (χ3n) is 4.22. The van der Waals surface area contributed by atoms with Crippen molar-refractivity contribution in [2.75, 3.05) is 10.6 Å². The van der Waals surface area contributed by atoms with Crippen molar-refractivity contribution in [2.45, 2.75) is 20.8 Å². The number of nitrogens with zero attached hydrogens (tertiary/aromatic N) is 1. The predicted octanol–water partition coefficient (Wildman–Crippen LogP) is 4.90. The maximum Gasteiger partial charge on any atom is 0.274 e. The van der Waals surface area contributed by atoms with Gasteiger partial charge in [-0.15, -0.1) is 0 Å². The highest BCUT2D eigenvalue weighted by atomic mass is 16.2. The van der Waals surface area contributed by atoms with Gasteiger partial charge in [0.2, 0.25) is 0 Å². The first kappa shape index (κ1) is 18.3. The minimum atomic E-state index is -0.302. The van der Waals surface area contributed by atoms with Crippen molar-refractivity contribution in [1.29, 1.82) is 0 Å². The zero-order valence-electron chi connectivity index (χ0n) is 15.5. The molecule has 3 aromatic rings. The number of hydrogen-bond acceptors (Lipinski definition) is 4. The van der Waals surface area contributed by atoms with E-state index in [0.717, 1.165) is 16.9 Å². The average molecular weight is 359 g/mol. The van der Waals surface area contributed by atoms with Gasteiger partial charge in [-0.2, -0.15) is 0 Å². The van der Waals surface area contributed by atoms with E-state index in [1.54, 1.807) is 36.5 Å². The Morgan fingerprint density at radius 3 is 2.22 bits per heavy atom. The first-order valence-corrected chi connectivity index (χ1v) is 8.65. The zero-order chi connectivity index (χ0) is 19.4. The quantitative estimate of drug-likeness (QED) is 0.636. The van der Waals surface area contributed by atoms with Crippen LogP contribution >= 0.6 is 0 Å². The van der Waals surface area contributed by atoms with Crippen LogP contribution in [0, 0.1) is 13.8 Å². The highest BCUT2D eigenvalue weighted by Gasteiger charge is 2.09. The second kappa shape index (κ2) is 7.83. The lowest BCUT2D eigenvalue weighted by Crippen LogP contribution is -2.13. The number of amides is 1. The lowest BCUT2D eigenvalue weighted by Gasteiger charge is -2.11. The van der Waals surface area contributed by atoms with Gasteiger partial charge in [0, 0.05) is 16.9 Å². The van der Waals surface area contributed by atoms with Crippen LogP contribution in [0.2, 0.25) is 0 Å². The monoisotopic (exact) mass is 359 g/mol. The second-order valence-corrected chi connectivity index (χ2v) is 6.46. The van der Waals surface area contributed by atoms with E-state index in [-0.39, 0.29) is 11.7 Å². The summed E-state index contributed by atoms with van der Waals surface area (Å²) >= 11 is 0. The molecule has 1 heterocycles. The largest absolute Gasteiger partial charge is 0.354 e. The Morgan fingerprint density at radius 1 is 0.889 bits per heavy atom. The number of rotatable bonds is 5. The van der Waals surface area contributed by atoms with Crippen LogP contribution in [0.5, 0.6) is 0 Å². The molecule has 0 spiro atoms. The Bertz CT molecular complexity index is 977. The van der Waals surface area contributed by atoms with Crippen molar-refractivity contribution in [1.82, 2.24) is 4.98 Å². The molecule has 0 aliphatic carbocycles. The maximum atomic E-state index is 12.3. The lowest BCUT2D eigenvalue weighted by atomic mass is 10.1. The highest BCUT2D eigenvalue weighted by molar-refractivity contribution is 6.03.